The first-order valence-corrected chi connectivity index (χ1v) is 12.3. The Hall–Kier alpha value is -3.29. The minimum atomic E-state index is -0.149. The highest BCUT2D eigenvalue weighted by molar-refractivity contribution is 6.31. The number of methoxy groups -OCH3 is 1. The van der Waals surface area contributed by atoms with E-state index in [2.05, 4.69) is 25.6 Å². The van der Waals surface area contributed by atoms with Crippen LogP contribution in [-0.2, 0) is 0 Å². The molecule has 3 heterocycles. The number of benzene rings is 1. The molecule has 0 saturated heterocycles. The molecule has 180 valence electrons. The van der Waals surface area contributed by atoms with Gasteiger partial charge in [0, 0.05) is 40.4 Å². The van der Waals surface area contributed by atoms with Crippen molar-refractivity contribution < 1.29 is 9.53 Å². The van der Waals surface area contributed by atoms with Gasteiger partial charge in [0.05, 0.1) is 12.7 Å². The van der Waals surface area contributed by atoms with Gasteiger partial charge in [-0.2, -0.15) is 0 Å². The molecule has 9 heteroatoms. The fraction of sp³-hybridized carbons (Fsp3) is 0.269. The van der Waals surface area contributed by atoms with E-state index in [1.54, 1.807) is 24.4 Å². The predicted octanol–water partition coefficient (Wildman–Crippen LogP) is 6.09. The number of carbonyl (C=O) groups is 1. The summed E-state index contributed by atoms with van der Waals surface area (Å²) in [5.41, 5.74) is 3.33. The Balaban J connectivity index is 1.22. The summed E-state index contributed by atoms with van der Waals surface area (Å²) in [5, 5.41) is 8.66. The molecule has 0 bridgehead atoms. The third kappa shape index (κ3) is 5.21. The van der Waals surface area contributed by atoms with E-state index in [4.69, 9.17) is 27.9 Å². The minimum absolute atomic E-state index is 0.0996. The van der Waals surface area contributed by atoms with Gasteiger partial charge in [-0.25, -0.2) is 9.97 Å². The van der Waals surface area contributed by atoms with E-state index in [9.17, 15) is 4.79 Å². The summed E-state index contributed by atoms with van der Waals surface area (Å²) in [5.74, 6) is 1.06. The second-order valence-corrected chi connectivity index (χ2v) is 9.50. The van der Waals surface area contributed by atoms with Crippen LogP contribution in [0.3, 0.4) is 0 Å². The van der Waals surface area contributed by atoms with Crippen molar-refractivity contribution in [3.05, 3.63) is 70.6 Å². The number of fused-ring (bicyclic) bond motifs is 1. The molecule has 0 radical (unpaired) electrons. The normalized spacial score (nSPS) is 17.8. The summed E-state index contributed by atoms with van der Waals surface area (Å²) in [4.78, 5) is 24.8. The number of amides is 1. The molecule has 1 aromatic carbocycles. The average molecular weight is 510 g/mol. The van der Waals surface area contributed by atoms with Crippen LogP contribution in [0, 0.1) is 0 Å². The molecule has 1 amide bonds. The van der Waals surface area contributed by atoms with Gasteiger partial charge in [-0.1, -0.05) is 23.2 Å². The molecule has 7 nitrogen and oxygen atoms in total. The average Bonchev–Trinajstić information content (AvgIpc) is 3.29. The van der Waals surface area contributed by atoms with Crippen molar-refractivity contribution in [2.45, 2.75) is 37.8 Å². The van der Waals surface area contributed by atoms with E-state index in [0.717, 1.165) is 53.7 Å². The predicted molar refractivity (Wildman–Crippen MR) is 139 cm³/mol. The molecule has 0 spiro atoms. The molecule has 5 rings (SSSR count). The number of carbonyl (C=O) groups excluding carboxylic acids is 1. The summed E-state index contributed by atoms with van der Waals surface area (Å²) < 4.78 is 5.31. The van der Waals surface area contributed by atoms with E-state index in [1.807, 2.05) is 30.5 Å². The number of anilines is 1. The molecule has 0 aliphatic heterocycles. The molecule has 1 aliphatic carbocycles. The summed E-state index contributed by atoms with van der Waals surface area (Å²) in [6.45, 7) is 0. The molecule has 0 atom stereocenters. The van der Waals surface area contributed by atoms with E-state index < -0.39 is 0 Å². The van der Waals surface area contributed by atoms with Gasteiger partial charge in [0.15, 0.2) is 0 Å². The van der Waals surface area contributed by atoms with Gasteiger partial charge in [0.25, 0.3) is 5.91 Å². The third-order valence-electron chi connectivity index (χ3n) is 6.38. The largest absolute Gasteiger partial charge is 0.496 e. The minimum Gasteiger partial charge on any atom is -0.496 e. The lowest BCUT2D eigenvalue weighted by atomic mass is 9.91. The Morgan fingerprint density at radius 3 is 2.69 bits per heavy atom. The number of H-pyrrole nitrogens is 1. The van der Waals surface area contributed by atoms with Crippen molar-refractivity contribution in [2.75, 3.05) is 12.4 Å². The topological polar surface area (TPSA) is 91.9 Å². The first-order valence-electron chi connectivity index (χ1n) is 11.5. The van der Waals surface area contributed by atoms with Crippen LogP contribution in [0.25, 0.3) is 22.2 Å². The second kappa shape index (κ2) is 10.1. The molecule has 4 aromatic rings. The van der Waals surface area contributed by atoms with Crippen LogP contribution in [-0.4, -0.2) is 40.1 Å². The van der Waals surface area contributed by atoms with E-state index in [-0.39, 0.29) is 18.0 Å². The molecular formula is C26H25Cl2N5O2. The number of aromatic amines is 1. The number of aromatic nitrogens is 3. The maximum atomic E-state index is 12.8. The first kappa shape index (κ1) is 23.5. The number of nitrogens with zero attached hydrogens (tertiary/aromatic N) is 2. The number of nitrogens with one attached hydrogen (secondary N) is 3. The summed E-state index contributed by atoms with van der Waals surface area (Å²) >= 11 is 12.4. The highest BCUT2D eigenvalue weighted by atomic mass is 35.5. The van der Waals surface area contributed by atoms with Crippen LogP contribution in [0.4, 0.5) is 5.82 Å². The molecule has 3 N–H and O–H groups in total. The third-order valence-corrected chi connectivity index (χ3v) is 6.81. The lowest BCUT2D eigenvalue weighted by molar-refractivity contribution is 0.0923. The van der Waals surface area contributed by atoms with Gasteiger partial charge >= 0.3 is 0 Å². The van der Waals surface area contributed by atoms with Gasteiger partial charge in [0.1, 0.15) is 22.4 Å². The first-order chi connectivity index (χ1) is 17.0. The fourth-order valence-electron chi connectivity index (χ4n) is 4.63. The second-order valence-electron chi connectivity index (χ2n) is 8.68. The summed E-state index contributed by atoms with van der Waals surface area (Å²) in [7, 11) is 1.53. The van der Waals surface area contributed by atoms with Crippen LogP contribution in [0.15, 0.2) is 54.9 Å². The molecule has 35 heavy (non-hydrogen) atoms. The van der Waals surface area contributed by atoms with Gasteiger partial charge < -0.3 is 20.4 Å². The van der Waals surface area contributed by atoms with E-state index in [0.29, 0.717) is 21.5 Å². The van der Waals surface area contributed by atoms with Crippen LogP contribution in [0.5, 0.6) is 5.75 Å². The number of hydrogen-bond acceptors (Lipinski definition) is 5. The number of halogens is 2. The maximum absolute atomic E-state index is 12.8. The van der Waals surface area contributed by atoms with Gasteiger partial charge in [0.2, 0.25) is 0 Å². The van der Waals surface area contributed by atoms with Crippen LogP contribution >= 0.6 is 23.2 Å². The van der Waals surface area contributed by atoms with Crippen molar-refractivity contribution in [1.29, 1.82) is 0 Å². The van der Waals surface area contributed by atoms with Crippen molar-refractivity contribution >= 4 is 46.0 Å². The van der Waals surface area contributed by atoms with Crippen molar-refractivity contribution in [3.8, 4) is 16.9 Å². The molecule has 1 fully saturated rings. The monoisotopic (exact) mass is 509 g/mol. The fourth-order valence-corrected chi connectivity index (χ4v) is 5.00. The SMILES string of the molecule is COc1cc(Cl)ccc1C(=O)NC1CCC(Nc2cc(-c3c[nH]c4ncccc34)cc(Cl)n2)CC1. The maximum Gasteiger partial charge on any atom is 0.255 e. The Morgan fingerprint density at radius 1 is 1.09 bits per heavy atom. The zero-order valence-corrected chi connectivity index (χ0v) is 20.7. The molecule has 1 saturated carbocycles. The van der Waals surface area contributed by atoms with E-state index in [1.165, 1.54) is 7.11 Å². The Bertz CT molecular complexity index is 1370. The zero-order valence-electron chi connectivity index (χ0n) is 19.1. The zero-order chi connectivity index (χ0) is 24.4. The van der Waals surface area contributed by atoms with Gasteiger partial charge in [-0.3, -0.25) is 4.79 Å². The van der Waals surface area contributed by atoms with Crippen LogP contribution in [0.2, 0.25) is 10.2 Å². The van der Waals surface area contributed by atoms with Gasteiger partial charge in [-0.15, -0.1) is 0 Å². The molecule has 0 unspecified atom stereocenters. The van der Waals surface area contributed by atoms with Crippen molar-refractivity contribution in [2.24, 2.45) is 0 Å². The highest BCUT2D eigenvalue weighted by Crippen LogP contribution is 2.32. The summed E-state index contributed by atoms with van der Waals surface area (Å²) in [6, 6.07) is 13.2. The Morgan fingerprint density at radius 2 is 1.89 bits per heavy atom. The lowest BCUT2D eigenvalue weighted by Gasteiger charge is -2.30. The number of pyridine rings is 2. The standard InChI is InChI=1S/C26H25Cl2N5O2/c1-35-22-13-16(27)4-9-20(22)26(34)32-18-7-5-17(6-8-18)31-24-12-15(11-23(28)33-24)21-14-30-25-19(21)3-2-10-29-25/h2-4,9-14,17-18H,5-8H2,1H3,(H,29,30)(H,31,33)(H,32,34). The van der Waals surface area contributed by atoms with Crippen LogP contribution < -0.4 is 15.4 Å². The quantitative estimate of drug-likeness (QED) is 0.273. The van der Waals surface area contributed by atoms with Crippen LogP contribution in [0.1, 0.15) is 36.0 Å². The molecule has 1 aliphatic rings. The smallest absolute Gasteiger partial charge is 0.255 e. The van der Waals surface area contributed by atoms with Crippen molar-refractivity contribution in [1.82, 2.24) is 20.3 Å². The van der Waals surface area contributed by atoms with E-state index >= 15 is 0 Å². The molecule has 3 aromatic heterocycles. The highest BCUT2D eigenvalue weighted by Gasteiger charge is 2.24. The lowest BCUT2D eigenvalue weighted by Crippen LogP contribution is -2.40. The number of hydrogen-bond donors (Lipinski definition) is 3. The Labute approximate surface area is 213 Å². The molecular weight excluding hydrogens is 485 g/mol. The number of ether oxygens (including phenoxy) is 1. The number of rotatable bonds is 6. The summed E-state index contributed by atoms with van der Waals surface area (Å²) in [6.07, 6.45) is 7.24. The van der Waals surface area contributed by atoms with Crippen molar-refractivity contribution in [3.63, 3.8) is 0 Å². The Kier molecular flexibility index (Phi) is 6.79. The van der Waals surface area contributed by atoms with Gasteiger partial charge in [-0.05, 0) is 73.7 Å².